The molecule has 0 bridgehead atoms. The lowest BCUT2D eigenvalue weighted by molar-refractivity contribution is 0.591. The van der Waals surface area contributed by atoms with Gasteiger partial charge in [0.15, 0.2) is 9.84 Å². The minimum atomic E-state index is -3.32. The van der Waals surface area contributed by atoms with Crippen LogP contribution >= 0.6 is 15.9 Å². The Kier molecular flexibility index (Phi) is 5.42. The van der Waals surface area contributed by atoms with Crippen LogP contribution in [0.2, 0.25) is 0 Å². The highest BCUT2D eigenvalue weighted by atomic mass is 79.9. The average Bonchev–Trinajstić information content (AvgIpc) is 2.47. The number of nitrogen functional groups attached to an aromatic ring is 1. The molecule has 0 saturated heterocycles. The molecule has 0 radical (unpaired) electrons. The number of nitrogens with two attached hydrogens (primary N) is 1. The van der Waals surface area contributed by atoms with Gasteiger partial charge in [-0.2, -0.15) is 0 Å². The Bertz CT molecular complexity index is 699. The number of rotatable bonds is 6. The number of halogens is 1. The second-order valence-electron chi connectivity index (χ2n) is 4.94. The molecule has 0 aromatic heterocycles. The summed E-state index contributed by atoms with van der Waals surface area (Å²) in [7, 11) is -3.32. The monoisotopic (exact) mass is 367 g/mol. The van der Waals surface area contributed by atoms with Gasteiger partial charge in [0.25, 0.3) is 0 Å². The van der Waals surface area contributed by atoms with Crippen molar-refractivity contribution in [3.05, 3.63) is 58.6 Å². The Morgan fingerprint density at radius 3 is 2.43 bits per heavy atom. The first-order valence-electron chi connectivity index (χ1n) is 6.81. The van der Waals surface area contributed by atoms with Gasteiger partial charge in [-0.15, -0.1) is 0 Å². The molecule has 0 aliphatic rings. The highest BCUT2D eigenvalue weighted by Crippen LogP contribution is 2.24. The van der Waals surface area contributed by atoms with E-state index >= 15 is 0 Å². The summed E-state index contributed by atoms with van der Waals surface area (Å²) in [6, 6.07) is 15.0. The molecule has 0 aliphatic carbocycles. The zero-order valence-corrected chi connectivity index (χ0v) is 14.0. The first-order valence-corrected chi connectivity index (χ1v) is 9.25. The molecule has 0 spiro atoms. The fourth-order valence-electron chi connectivity index (χ4n) is 2.15. The molecular weight excluding hydrogens is 350 g/mol. The lowest BCUT2D eigenvalue weighted by Crippen LogP contribution is -2.09. The predicted molar refractivity (Wildman–Crippen MR) is 90.0 cm³/mol. The number of unbranched alkanes of at least 4 members (excludes halogenated alkanes) is 1. The summed E-state index contributed by atoms with van der Waals surface area (Å²) >= 11 is 3.28. The molecule has 0 atom stereocenters. The lowest BCUT2D eigenvalue weighted by atomic mass is 10.1. The average molecular weight is 368 g/mol. The third-order valence-electron chi connectivity index (χ3n) is 3.28. The van der Waals surface area contributed by atoms with Gasteiger partial charge >= 0.3 is 0 Å². The summed E-state index contributed by atoms with van der Waals surface area (Å²) in [6.45, 7) is 0. The summed E-state index contributed by atoms with van der Waals surface area (Å²) in [4.78, 5) is 0.219. The van der Waals surface area contributed by atoms with Crippen molar-refractivity contribution in [2.75, 3.05) is 11.5 Å². The van der Waals surface area contributed by atoms with E-state index in [1.54, 1.807) is 18.2 Å². The summed E-state index contributed by atoms with van der Waals surface area (Å²) < 4.78 is 25.4. The first-order chi connectivity index (χ1) is 9.99. The van der Waals surface area contributed by atoms with Crippen molar-refractivity contribution in [1.82, 2.24) is 0 Å². The smallest absolute Gasteiger partial charge is 0.180 e. The maximum atomic E-state index is 12.3. The van der Waals surface area contributed by atoms with Crippen molar-refractivity contribution in [3.8, 4) is 0 Å². The van der Waals surface area contributed by atoms with Crippen molar-refractivity contribution >= 4 is 31.5 Å². The standard InChI is InChI=1S/C16H18BrNO2S/c17-14-9-10-15(18)16(12-14)21(19,20)11-5-4-8-13-6-2-1-3-7-13/h1-3,6-7,9-10,12H,4-5,8,11,18H2. The number of anilines is 1. The number of sulfone groups is 1. The van der Waals surface area contributed by atoms with Crippen molar-refractivity contribution in [2.24, 2.45) is 0 Å². The molecule has 0 amide bonds. The molecule has 0 unspecified atom stereocenters. The second kappa shape index (κ2) is 7.09. The quantitative estimate of drug-likeness (QED) is 0.623. The van der Waals surface area contributed by atoms with Gasteiger partial charge in [-0.25, -0.2) is 8.42 Å². The van der Waals surface area contributed by atoms with Gasteiger partial charge in [-0.1, -0.05) is 46.3 Å². The number of benzene rings is 2. The first kappa shape index (κ1) is 16.0. The summed E-state index contributed by atoms with van der Waals surface area (Å²) in [5, 5.41) is 0. The van der Waals surface area contributed by atoms with E-state index in [4.69, 9.17) is 5.73 Å². The topological polar surface area (TPSA) is 60.2 Å². The predicted octanol–water partition coefficient (Wildman–Crippen LogP) is 3.83. The van der Waals surface area contributed by atoms with E-state index in [1.165, 1.54) is 5.56 Å². The van der Waals surface area contributed by atoms with Crippen LogP contribution in [0.3, 0.4) is 0 Å². The number of hydrogen-bond donors (Lipinski definition) is 1. The summed E-state index contributed by atoms with van der Waals surface area (Å²) in [6.07, 6.45) is 2.37. The van der Waals surface area contributed by atoms with E-state index in [0.717, 1.165) is 17.3 Å². The molecule has 2 rings (SSSR count). The zero-order valence-electron chi connectivity index (χ0n) is 11.6. The van der Waals surface area contributed by atoms with Crippen LogP contribution in [0.1, 0.15) is 18.4 Å². The minimum absolute atomic E-state index is 0.125. The van der Waals surface area contributed by atoms with E-state index in [1.807, 2.05) is 18.2 Å². The highest BCUT2D eigenvalue weighted by Gasteiger charge is 2.17. The van der Waals surface area contributed by atoms with Crippen LogP contribution in [0.4, 0.5) is 5.69 Å². The van der Waals surface area contributed by atoms with Crippen LogP contribution in [0.5, 0.6) is 0 Å². The zero-order chi connectivity index (χ0) is 15.3. The number of aryl methyl sites for hydroxylation is 1. The maximum absolute atomic E-state index is 12.3. The molecule has 5 heteroatoms. The van der Waals surface area contributed by atoms with Crippen LogP contribution in [0, 0.1) is 0 Å². The van der Waals surface area contributed by atoms with Gasteiger partial charge in [0.2, 0.25) is 0 Å². The van der Waals surface area contributed by atoms with Crippen molar-refractivity contribution in [1.29, 1.82) is 0 Å². The second-order valence-corrected chi connectivity index (χ2v) is 7.94. The molecule has 3 nitrogen and oxygen atoms in total. The third-order valence-corrected chi connectivity index (χ3v) is 5.63. The summed E-state index contributed by atoms with van der Waals surface area (Å²) in [5.41, 5.74) is 7.31. The van der Waals surface area contributed by atoms with Gasteiger partial charge in [-0.3, -0.25) is 0 Å². The van der Waals surface area contributed by atoms with Gasteiger partial charge in [0.1, 0.15) is 0 Å². The highest BCUT2D eigenvalue weighted by molar-refractivity contribution is 9.10. The Labute approximate surface area is 134 Å². The molecule has 0 fully saturated rings. The van der Waals surface area contributed by atoms with E-state index in [-0.39, 0.29) is 10.6 Å². The van der Waals surface area contributed by atoms with Crippen LogP contribution in [-0.2, 0) is 16.3 Å². The third kappa shape index (κ3) is 4.58. The van der Waals surface area contributed by atoms with Crippen LogP contribution < -0.4 is 5.73 Å². The fourth-order valence-corrected chi connectivity index (χ4v) is 4.20. The van der Waals surface area contributed by atoms with Crippen molar-refractivity contribution < 1.29 is 8.42 Å². The van der Waals surface area contributed by atoms with Gasteiger partial charge in [0.05, 0.1) is 16.3 Å². The Hall–Kier alpha value is -1.33. The SMILES string of the molecule is Nc1ccc(Br)cc1S(=O)(=O)CCCCc1ccccc1. The summed E-state index contributed by atoms with van der Waals surface area (Å²) in [5.74, 6) is 0.125. The Morgan fingerprint density at radius 1 is 1.00 bits per heavy atom. The van der Waals surface area contributed by atoms with E-state index in [0.29, 0.717) is 12.1 Å². The molecular formula is C16H18BrNO2S. The molecule has 21 heavy (non-hydrogen) atoms. The van der Waals surface area contributed by atoms with Gasteiger partial charge in [-0.05, 0) is 43.0 Å². The molecule has 2 aromatic rings. The molecule has 112 valence electrons. The van der Waals surface area contributed by atoms with E-state index in [9.17, 15) is 8.42 Å². The van der Waals surface area contributed by atoms with Crippen LogP contribution in [-0.4, -0.2) is 14.2 Å². The Morgan fingerprint density at radius 2 is 1.71 bits per heavy atom. The largest absolute Gasteiger partial charge is 0.398 e. The van der Waals surface area contributed by atoms with Crippen LogP contribution in [0.15, 0.2) is 57.9 Å². The maximum Gasteiger partial charge on any atom is 0.180 e. The molecule has 0 heterocycles. The van der Waals surface area contributed by atoms with Gasteiger partial charge < -0.3 is 5.73 Å². The minimum Gasteiger partial charge on any atom is -0.398 e. The number of hydrogen-bond acceptors (Lipinski definition) is 3. The molecule has 0 saturated carbocycles. The van der Waals surface area contributed by atoms with Crippen molar-refractivity contribution in [3.63, 3.8) is 0 Å². The molecule has 2 aromatic carbocycles. The van der Waals surface area contributed by atoms with Crippen molar-refractivity contribution in [2.45, 2.75) is 24.2 Å². The fraction of sp³-hybridized carbons (Fsp3) is 0.250. The molecule has 0 aliphatic heterocycles. The molecule has 2 N–H and O–H groups in total. The van der Waals surface area contributed by atoms with E-state index < -0.39 is 9.84 Å². The van der Waals surface area contributed by atoms with E-state index in [2.05, 4.69) is 28.1 Å². The lowest BCUT2D eigenvalue weighted by Gasteiger charge is -2.08. The Balaban J connectivity index is 1.94. The van der Waals surface area contributed by atoms with Crippen LogP contribution in [0.25, 0.3) is 0 Å². The normalized spacial score (nSPS) is 11.5. The van der Waals surface area contributed by atoms with Gasteiger partial charge in [0, 0.05) is 4.47 Å².